The second-order valence-corrected chi connectivity index (χ2v) is 4.97. The van der Waals surface area contributed by atoms with Crippen LogP contribution in [-0.4, -0.2) is 15.1 Å². The standard InChI is InChI=1S/C11H9N3O2S/c1-5-6(2)17-11-8(5)10(15)12-9(13-11)7-3-4-16-14-7/h3-4H,1-2H3,(H,12,13,15). The third kappa shape index (κ3) is 1.49. The number of nitrogens with zero attached hydrogens (tertiary/aromatic N) is 2. The smallest absolute Gasteiger partial charge is 0.260 e. The van der Waals surface area contributed by atoms with Gasteiger partial charge in [0, 0.05) is 10.9 Å². The van der Waals surface area contributed by atoms with Crippen molar-refractivity contribution in [3.63, 3.8) is 0 Å². The number of aromatic amines is 1. The van der Waals surface area contributed by atoms with Crippen molar-refractivity contribution in [2.75, 3.05) is 0 Å². The van der Waals surface area contributed by atoms with E-state index in [4.69, 9.17) is 4.52 Å². The summed E-state index contributed by atoms with van der Waals surface area (Å²) in [6.07, 6.45) is 1.45. The van der Waals surface area contributed by atoms with Crippen LogP contribution in [0.5, 0.6) is 0 Å². The lowest BCUT2D eigenvalue weighted by molar-refractivity contribution is 0.422. The molecule has 0 radical (unpaired) electrons. The van der Waals surface area contributed by atoms with Crippen molar-refractivity contribution in [2.45, 2.75) is 13.8 Å². The van der Waals surface area contributed by atoms with Gasteiger partial charge in [0.1, 0.15) is 16.8 Å². The second-order valence-electron chi connectivity index (χ2n) is 3.76. The molecule has 1 N–H and O–H groups in total. The highest BCUT2D eigenvalue weighted by Gasteiger charge is 2.13. The van der Waals surface area contributed by atoms with Crippen molar-refractivity contribution >= 4 is 21.6 Å². The topological polar surface area (TPSA) is 71.8 Å². The first-order valence-corrected chi connectivity index (χ1v) is 5.89. The van der Waals surface area contributed by atoms with Crippen molar-refractivity contribution in [1.29, 1.82) is 0 Å². The highest BCUT2D eigenvalue weighted by atomic mass is 32.1. The molecule has 0 aliphatic carbocycles. The maximum Gasteiger partial charge on any atom is 0.260 e. The molecule has 0 aliphatic rings. The molecule has 3 aromatic rings. The molecule has 6 heteroatoms. The number of hydrogen-bond donors (Lipinski definition) is 1. The van der Waals surface area contributed by atoms with E-state index in [1.165, 1.54) is 17.6 Å². The van der Waals surface area contributed by atoms with Gasteiger partial charge in [-0.25, -0.2) is 4.98 Å². The average Bonchev–Trinajstić information content (AvgIpc) is 2.88. The van der Waals surface area contributed by atoms with Crippen LogP contribution in [0.25, 0.3) is 21.7 Å². The zero-order valence-electron chi connectivity index (χ0n) is 9.27. The zero-order valence-corrected chi connectivity index (χ0v) is 10.1. The van der Waals surface area contributed by atoms with Crippen LogP contribution in [0.1, 0.15) is 10.4 Å². The van der Waals surface area contributed by atoms with Crippen molar-refractivity contribution in [2.24, 2.45) is 0 Å². The fourth-order valence-corrected chi connectivity index (χ4v) is 2.74. The Bertz CT molecular complexity index is 740. The molecule has 5 nitrogen and oxygen atoms in total. The molecule has 0 aromatic carbocycles. The highest BCUT2D eigenvalue weighted by molar-refractivity contribution is 7.18. The fraction of sp³-hybridized carbons (Fsp3) is 0.182. The van der Waals surface area contributed by atoms with Crippen LogP contribution in [0, 0.1) is 13.8 Å². The van der Waals surface area contributed by atoms with Gasteiger partial charge >= 0.3 is 0 Å². The van der Waals surface area contributed by atoms with E-state index in [2.05, 4.69) is 15.1 Å². The van der Waals surface area contributed by atoms with E-state index in [0.717, 1.165) is 15.3 Å². The number of aromatic nitrogens is 3. The summed E-state index contributed by atoms with van der Waals surface area (Å²) in [7, 11) is 0. The minimum absolute atomic E-state index is 0.130. The number of nitrogens with one attached hydrogen (secondary N) is 1. The van der Waals surface area contributed by atoms with Crippen molar-refractivity contribution in [3.05, 3.63) is 33.1 Å². The molecule has 3 aromatic heterocycles. The maximum atomic E-state index is 12.0. The molecule has 3 heterocycles. The Labute approximate surface area is 100 Å². The predicted octanol–water partition coefficient (Wildman–Crippen LogP) is 2.26. The molecule has 0 aliphatic heterocycles. The Balaban J connectivity index is 2.36. The number of thiophene rings is 1. The third-order valence-corrected chi connectivity index (χ3v) is 3.82. The van der Waals surface area contributed by atoms with E-state index >= 15 is 0 Å². The number of fused-ring (bicyclic) bond motifs is 1. The first kappa shape index (κ1) is 10.2. The lowest BCUT2D eigenvalue weighted by Crippen LogP contribution is -2.09. The van der Waals surface area contributed by atoms with Gasteiger partial charge in [-0.3, -0.25) is 4.79 Å². The van der Waals surface area contributed by atoms with E-state index in [9.17, 15) is 4.79 Å². The first-order valence-electron chi connectivity index (χ1n) is 5.07. The predicted molar refractivity (Wildman–Crippen MR) is 65.2 cm³/mol. The Morgan fingerprint density at radius 1 is 1.41 bits per heavy atom. The van der Waals surface area contributed by atoms with Gasteiger partial charge in [0.2, 0.25) is 0 Å². The largest absolute Gasteiger partial charge is 0.364 e. The Morgan fingerprint density at radius 2 is 2.24 bits per heavy atom. The molecular weight excluding hydrogens is 238 g/mol. The normalized spacial score (nSPS) is 11.2. The quantitative estimate of drug-likeness (QED) is 0.716. The SMILES string of the molecule is Cc1sc2nc(-c3ccon3)[nH]c(=O)c2c1C. The summed E-state index contributed by atoms with van der Waals surface area (Å²) in [5.74, 6) is 0.442. The van der Waals surface area contributed by atoms with Gasteiger partial charge in [0.25, 0.3) is 5.56 Å². The van der Waals surface area contributed by atoms with E-state index < -0.39 is 0 Å². The number of aryl methyl sites for hydroxylation is 2. The van der Waals surface area contributed by atoms with Crippen molar-refractivity contribution in [3.8, 4) is 11.5 Å². The number of hydrogen-bond acceptors (Lipinski definition) is 5. The van der Waals surface area contributed by atoms with Crippen LogP contribution in [0.3, 0.4) is 0 Å². The summed E-state index contributed by atoms with van der Waals surface area (Å²) in [4.78, 5) is 21.0. The molecule has 3 rings (SSSR count). The zero-order chi connectivity index (χ0) is 12.0. The first-order chi connectivity index (χ1) is 8.16. The summed E-state index contributed by atoms with van der Waals surface area (Å²) < 4.78 is 4.74. The van der Waals surface area contributed by atoms with Crippen LogP contribution in [0.4, 0.5) is 0 Å². The van der Waals surface area contributed by atoms with E-state index in [1.807, 2.05) is 13.8 Å². The molecule has 0 amide bonds. The molecule has 0 unspecified atom stereocenters. The Kier molecular flexibility index (Phi) is 2.12. The van der Waals surface area contributed by atoms with Crippen LogP contribution in [-0.2, 0) is 0 Å². The van der Waals surface area contributed by atoms with Gasteiger partial charge in [-0.05, 0) is 19.4 Å². The van der Waals surface area contributed by atoms with Crippen LogP contribution in [0.15, 0.2) is 21.6 Å². The monoisotopic (exact) mass is 247 g/mol. The molecule has 0 saturated carbocycles. The molecule has 0 bridgehead atoms. The fourth-order valence-electron chi connectivity index (χ4n) is 1.71. The molecule has 17 heavy (non-hydrogen) atoms. The molecule has 0 atom stereocenters. The Hall–Kier alpha value is -1.95. The van der Waals surface area contributed by atoms with Crippen molar-refractivity contribution < 1.29 is 4.52 Å². The lowest BCUT2D eigenvalue weighted by atomic mass is 10.2. The van der Waals surface area contributed by atoms with Crippen LogP contribution in [0.2, 0.25) is 0 Å². The summed E-state index contributed by atoms with van der Waals surface area (Å²) >= 11 is 1.51. The minimum atomic E-state index is -0.130. The van der Waals surface area contributed by atoms with E-state index in [0.29, 0.717) is 16.9 Å². The molecule has 86 valence electrons. The van der Waals surface area contributed by atoms with Crippen LogP contribution >= 0.6 is 11.3 Å². The van der Waals surface area contributed by atoms with Gasteiger partial charge in [0.15, 0.2) is 5.82 Å². The summed E-state index contributed by atoms with van der Waals surface area (Å²) in [6.45, 7) is 3.91. The molecule has 0 fully saturated rings. The summed E-state index contributed by atoms with van der Waals surface area (Å²) in [6, 6.07) is 1.66. The molecule has 0 saturated heterocycles. The minimum Gasteiger partial charge on any atom is -0.364 e. The van der Waals surface area contributed by atoms with Crippen LogP contribution < -0.4 is 5.56 Å². The van der Waals surface area contributed by atoms with Gasteiger partial charge in [-0.1, -0.05) is 5.16 Å². The van der Waals surface area contributed by atoms with Gasteiger partial charge in [-0.2, -0.15) is 0 Å². The number of rotatable bonds is 1. The number of H-pyrrole nitrogens is 1. The van der Waals surface area contributed by atoms with Gasteiger partial charge < -0.3 is 9.51 Å². The van der Waals surface area contributed by atoms with Crippen molar-refractivity contribution in [1.82, 2.24) is 15.1 Å². The summed E-state index contributed by atoms with van der Waals surface area (Å²) in [5, 5.41) is 4.43. The molecular formula is C11H9N3O2S. The lowest BCUT2D eigenvalue weighted by Gasteiger charge is -1.95. The van der Waals surface area contributed by atoms with Gasteiger partial charge in [0.05, 0.1) is 5.39 Å². The third-order valence-electron chi connectivity index (χ3n) is 2.72. The Morgan fingerprint density at radius 3 is 2.94 bits per heavy atom. The van der Waals surface area contributed by atoms with E-state index in [1.54, 1.807) is 6.07 Å². The second kappa shape index (κ2) is 3.53. The molecule has 0 spiro atoms. The summed E-state index contributed by atoms with van der Waals surface area (Å²) in [5.41, 5.74) is 1.40. The maximum absolute atomic E-state index is 12.0. The highest BCUT2D eigenvalue weighted by Crippen LogP contribution is 2.26. The van der Waals surface area contributed by atoms with Gasteiger partial charge in [-0.15, -0.1) is 11.3 Å². The van der Waals surface area contributed by atoms with E-state index in [-0.39, 0.29) is 5.56 Å². The average molecular weight is 247 g/mol.